The van der Waals surface area contributed by atoms with Crippen LogP contribution in [0.4, 0.5) is 0 Å². The number of hydrogen-bond donors (Lipinski definition) is 1. The zero-order valence-corrected chi connectivity index (χ0v) is 16.7. The minimum atomic E-state index is -0.396. The Balaban J connectivity index is 1.68. The first-order valence-corrected chi connectivity index (χ1v) is 10.5. The first-order chi connectivity index (χ1) is 13.0. The van der Waals surface area contributed by atoms with E-state index in [2.05, 4.69) is 24.1 Å². The van der Waals surface area contributed by atoms with Crippen LogP contribution in [-0.2, 0) is 16.0 Å². The minimum Gasteiger partial charge on any atom is -0.355 e. The van der Waals surface area contributed by atoms with Gasteiger partial charge in [0.2, 0.25) is 11.8 Å². The third-order valence-electron chi connectivity index (χ3n) is 6.26. The maximum atomic E-state index is 13.3. The molecule has 1 aliphatic heterocycles. The number of nitrogens with one attached hydrogen (secondary N) is 1. The summed E-state index contributed by atoms with van der Waals surface area (Å²) < 4.78 is 0. The Bertz CT molecular complexity index is 646. The lowest BCUT2D eigenvalue weighted by atomic mass is 9.64. The summed E-state index contributed by atoms with van der Waals surface area (Å²) in [5.74, 6) is 0.939. The minimum absolute atomic E-state index is 0.0705. The summed E-state index contributed by atoms with van der Waals surface area (Å²) in [7, 11) is 0. The highest BCUT2D eigenvalue weighted by Crippen LogP contribution is 2.46. The average molecular weight is 372 g/mol. The molecular weight excluding hydrogens is 338 g/mol. The van der Waals surface area contributed by atoms with Crippen LogP contribution in [0.15, 0.2) is 24.4 Å². The van der Waals surface area contributed by atoms with Crippen molar-refractivity contribution in [2.75, 3.05) is 13.1 Å². The van der Waals surface area contributed by atoms with Crippen molar-refractivity contribution >= 4 is 11.8 Å². The molecule has 27 heavy (non-hydrogen) atoms. The van der Waals surface area contributed by atoms with E-state index in [1.54, 1.807) is 6.20 Å². The average Bonchev–Trinajstić information content (AvgIpc) is 2.68. The lowest BCUT2D eigenvalue weighted by Crippen LogP contribution is -2.62. The number of aromatic nitrogens is 1. The van der Waals surface area contributed by atoms with Gasteiger partial charge in [-0.05, 0) is 43.7 Å². The van der Waals surface area contributed by atoms with E-state index < -0.39 is 5.41 Å². The molecule has 0 aromatic carbocycles. The van der Waals surface area contributed by atoms with Crippen molar-refractivity contribution in [2.45, 2.75) is 71.3 Å². The fraction of sp³-hybridized carbons (Fsp3) is 0.682. The Labute approximate surface area is 162 Å². The predicted molar refractivity (Wildman–Crippen MR) is 106 cm³/mol. The van der Waals surface area contributed by atoms with E-state index in [0.717, 1.165) is 50.8 Å². The van der Waals surface area contributed by atoms with Gasteiger partial charge in [0, 0.05) is 43.9 Å². The zero-order chi connectivity index (χ0) is 19.3. The number of piperidine rings is 1. The number of pyridine rings is 1. The Hall–Kier alpha value is -1.91. The molecule has 0 bridgehead atoms. The van der Waals surface area contributed by atoms with Crippen LogP contribution in [0.3, 0.4) is 0 Å². The molecule has 2 amide bonds. The van der Waals surface area contributed by atoms with Gasteiger partial charge >= 0.3 is 0 Å². The van der Waals surface area contributed by atoms with E-state index in [0.29, 0.717) is 25.3 Å². The molecule has 1 aromatic heterocycles. The van der Waals surface area contributed by atoms with Crippen molar-refractivity contribution in [3.05, 3.63) is 30.1 Å². The highest BCUT2D eigenvalue weighted by Gasteiger charge is 2.52. The highest BCUT2D eigenvalue weighted by atomic mass is 16.2. The second-order valence-corrected chi connectivity index (χ2v) is 8.51. The van der Waals surface area contributed by atoms with Crippen molar-refractivity contribution in [3.8, 4) is 0 Å². The maximum Gasteiger partial charge on any atom is 0.228 e. The summed E-state index contributed by atoms with van der Waals surface area (Å²) in [6.45, 7) is 5.76. The fourth-order valence-electron chi connectivity index (χ4n) is 4.70. The Morgan fingerprint density at radius 2 is 2.19 bits per heavy atom. The third kappa shape index (κ3) is 4.50. The number of hydrogen-bond acceptors (Lipinski definition) is 3. The molecule has 0 spiro atoms. The quantitative estimate of drug-likeness (QED) is 0.800. The summed E-state index contributed by atoms with van der Waals surface area (Å²) in [5.41, 5.74) is 0.598. The molecule has 1 aliphatic carbocycles. The van der Waals surface area contributed by atoms with Crippen LogP contribution in [0, 0.1) is 11.3 Å². The summed E-state index contributed by atoms with van der Waals surface area (Å²) in [6, 6.07) is 5.93. The van der Waals surface area contributed by atoms with Crippen molar-refractivity contribution in [1.82, 2.24) is 15.2 Å². The molecule has 1 saturated carbocycles. The molecule has 0 unspecified atom stereocenters. The molecule has 2 atom stereocenters. The fourth-order valence-corrected chi connectivity index (χ4v) is 4.70. The standard InChI is InChI=1S/C22H33N3O2/c1-17(2)11-16-25-19-8-3-5-12-22(19,13-9-20(25)26)21(27)24-15-10-18-7-4-6-14-23-18/h4,6-7,14,17,19H,3,5,8-13,15-16H2,1-2H3,(H,24,27)/t19-,22-/m1/s1. The molecular formula is C22H33N3O2. The number of fused-ring (bicyclic) bond motifs is 1. The van der Waals surface area contributed by atoms with E-state index in [1.807, 2.05) is 23.1 Å². The summed E-state index contributed by atoms with van der Waals surface area (Å²) >= 11 is 0. The van der Waals surface area contributed by atoms with Crippen LogP contribution in [0.5, 0.6) is 0 Å². The number of carbonyl (C=O) groups excluding carboxylic acids is 2. The largest absolute Gasteiger partial charge is 0.355 e. The van der Waals surface area contributed by atoms with Gasteiger partial charge in [0.05, 0.1) is 5.41 Å². The van der Waals surface area contributed by atoms with E-state index in [-0.39, 0.29) is 17.9 Å². The molecule has 5 nitrogen and oxygen atoms in total. The molecule has 1 aromatic rings. The van der Waals surface area contributed by atoms with Crippen LogP contribution in [0.2, 0.25) is 0 Å². The second-order valence-electron chi connectivity index (χ2n) is 8.51. The number of likely N-dealkylation sites (tertiary alicyclic amines) is 1. The molecule has 1 saturated heterocycles. The van der Waals surface area contributed by atoms with Gasteiger partial charge in [-0.25, -0.2) is 0 Å². The Morgan fingerprint density at radius 1 is 1.33 bits per heavy atom. The topological polar surface area (TPSA) is 62.3 Å². The van der Waals surface area contributed by atoms with E-state index in [4.69, 9.17) is 0 Å². The van der Waals surface area contributed by atoms with Gasteiger partial charge in [0.15, 0.2) is 0 Å². The van der Waals surface area contributed by atoms with Crippen molar-refractivity contribution in [2.24, 2.45) is 11.3 Å². The summed E-state index contributed by atoms with van der Waals surface area (Å²) in [5, 5.41) is 3.17. The van der Waals surface area contributed by atoms with Gasteiger partial charge in [0.25, 0.3) is 0 Å². The monoisotopic (exact) mass is 371 g/mol. The molecule has 2 aliphatic rings. The highest BCUT2D eigenvalue weighted by molar-refractivity contribution is 5.88. The van der Waals surface area contributed by atoms with Gasteiger partial charge in [-0.1, -0.05) is 32.8 Å². The van der Waals surface area contributed by atoms with Crippen LogP contribution in [-0.4, -0.2) is 40.8 Å². The van der Waals surface area contributed by atoms with Gasteiger partial charge < -0.3 is 10.2 Å². The first kappa shape index (κ1) is 19.8. The van der Waals surface area contributed by atoms with Gasteiger partial charge in [-0.2, -0.15) is 0 Å². The number of amides is 2. The van der Waals surface area contributed by atoms with Crippen LogP contribution in [0.1, 0.15) is 64.5 Å². The number of nitrogens with zero attached hydrogens (tertiary/aromatic N) is 2. The molecule has 0 radical (unpaired) electrons. The first-order valence-electron chi connectivity index (χ1n) is 10.5. The molecule has 148 valence electrons. The lowest BCUT2D eigenvalue weighted by molar-refractivity contribution is -0.155. The van der Waals surface area contributed by atoms with E-state index >= 15 is 0 Å². The zero-order valence-electron chi connectivity index (χ0n) is 16.7. The maximum absolute atomic E-state index is 13.3. The Morgan fingerprint density at radius 3 is 2.93 bits per heavy atom. The van der Waals surface area contributed by atoms with Crippen molar-refractivity contribution < 1.29 is 9.59 Å². The Kier molecular flexibility index (Phi) is 6.51. The predicted octanol–water partition coefficient (Wildman–Crippen LogP) is 3.34. The normalized spacial score (nSPS) is 25.4. The van der Waals surface area contributed by atoms with E-state index in [1.165, 1.54) is 0 Å². The van der Waals surface area contributed by atoms with Crippen molar-refractivity contribution in [1.29, 1.82) is 0 Å². The smallest absolute Gasteiger partial charge is 0.228 e. The summed E-state index contributed by atoms with van der Waals surface area (Å²) in [6.07, 6.45) is 8.77. The SMILES string of the molecule is CC(C)CCN1C(=O)CC[C@]2(C(=O)NCCc3ccccn3)CCCC[C@@H]12. The van der Waals surface area contributed by atoms with E-state index in [9.17, 15) is 9.59 Å². The van der Waals surface area contributed by atoms with Crippen molar-refractivity contribution in [3.63, 3.8) is 0 Å². The number of carbonyl (C=O) groups is 2. The third-order valence-corrected chi connectivity index (χ3v) is 6.26. The lowest BCUT2D eigenvalue weighted by Gasteiger charge is -2.51. The van der Waals surface area contributed by atoms with Gasteiger partial charge in [-0.15, -0.1) is 0 Å². The molecule has 2 heterocycles. The second kappa shape index (κ2) is 8.85. The van der Waals surface area contributed by atoms with Crippen LogP contribution >= 0.6 is 0 Å². The van der Waals surface area contributed by atoms with Gasteiger partial charge in [0.1, 0.15) is 0 Å². The van der Waals surface area contributed by atoms with Gasteiger partial charge in [-0.3, -0.25) is 14.6 Å². The molecule has 1 N–H and O–H groups in total. The van der Waals surface area contributed by atoms with Crippen LogP contribution in [0.25, 0.3) is 0 Å². The molecule has 3 rings (SSSR count). The van der Waals surface area contributed by atoms with Crippen LogP contribution < -0.4 is 5.32 Å². The summed E-state index contributed by atoms with van der Waals surface area (Å²) in [4.78, 5) is 32.2. The molecule has 5 heteroatoms. The number of rotatable bonds is 7. The molecule has 2 fully saturated rings.